The molecule has 3 N–H and O–H groups in total. The van der Waals surface area contributed by atoms with Crippen molar-refractivity contribution in [2.75, 3.05) is 5.32 Å². The average molecular weight is 429 g/mol. The predicted octanol–water partition coefficient (Wildman–Crippen LogP) is 4.94. The molecule has 0 fully saturated rings. The van der Waals surface area contributed by atoms with Crippen LogP contribution >= 0.6 is 0 Å². The molecule has 0 aliphatic heterocycles. The van der Waals surface area contributed by atoms with Crippen LogP contribution in [0.3, 0.4) is 0 Å². The second-order valence-electron chi connectivity index (χ2n) is 6.61. The summed E-state index contributed by atoms with van der Waals surface area (Å²) in [7, 11) is 1.41. The van der Waals surface area contributed by atoms with Gasteiger partial charge in [0.15, 0.2) is 0 Å². The number of nitrogens with one attached hydrogen (secondary N) is 1. The highest BCUT2D eigenvalue weighted by atomic mass is 19.1. The number of primary amides is 1. The second kappa shape index (κ2) is 9.88. The van der Waals surface area contributed by atoms with Gasteiger partial charge in [0.25, 0.3) is 11.5 Å². The van der Waals surface area contributed by atoms with E-state index in [1.807, 2.05) is 13.8 Å². The van der Waals surface area contributed by atoms with Crippen LogP contribution in [0.25, 0.3) is 0 Å². The molecule has 6 nitrogen and oxygen atoms in total. The summed E-state index contributed by atoms with van der Waals surface area (Å²) in [6.07, 6.45) is 0. The predicted molar refractivity (Wildman–Crippen MR) is 117 cm³/mol. The van der Waals surface area contributed by atoms with Gasteiger partial charge in [0.2, 0.25) is 0 Å². The number of ether oxygens (including phenoxy) is 1. The van der Waals surface area contributed by atoms with Crippen LogP contribution in [0.1, 0.15) is 35.3 Å². The van der Waals surface area contributed by atoms with Crippen molar-refractivity contribution in [3.05, 3.63) is 81.1 Å². The van der Waals surface area contributed by atoms with Crippen molar-refractivity contribution in [3.63, 3.8) is 0 Å². The molecule has 0 spiro atoms. The fourth-order valence-electron chi connectivity index (χ4n) is 2.84. The van der Waals surface area contributed by atoms with Crippen LogP contribution in [-0.4, -0.2) is 10.5 Å². The molecule has 164 valence electrons. The molecule has 1 amide bonds. The standard InChI is InChI=1S/C21H19F2N3O3.C2H6/c1-11-4-6-15(14(23)8-11)25-21-19(20(24)28)17(10-18(27)26(21)3)29-16-7-5-13(22)9-12(16)2;1-2/h4-10,25H,1-3H3,(H2,24,28);1-2H3. The molecule has 8 heteroatoms. The Bertz CT molecular complexity index is 1170. The van der Waals surface area contributed by atoms with Gasteiger partial charge in [-0.25, -0.2) is 8.78 Å². The molecule has 2 aromatic carbocycles. The minimum Gasteiger partial charge on any atom is -0.456 e. The van der Waals surface area contributed by atoms with E-state index in [-0.39, 0.29) is 28.6 Å². The molecule has 0 aliphatic carbocycles. The zero-order valence-electron chi connectivity index (χ0n) is 18.0. The lowest BCUT2D eigenvalue weighted by atomic mass is 10.1. The number of anilines is 2. The monoisotopic (exact) mass is 429 g/mol. The normalized spacial score (nSPS) is 10.2. The number of rotatable bonds is 5. The molecule has 1 aromatic heterocycles. The summed E-state index contributed by atoms with van der Waals surface area (Å²) in [6.45, 7) is 7.35. The van der Waals surface area contributed by atoms with Crippen molar-refractivity contribution in [3.8, 4) is 11.5 Å². The van der Waals surface area contributed by atoms with Gasteiger partial charge in [0, 0.05) is 13.1 Å². The van der Waals surface area contributed by atoms with Crippen LogP contribution in [0.4, 0.5) is 20.3 Å². The Hall–Kier alpha value is -3.68. The molecule has 0 aliphatic rings. The number of nitrogens with two attached hydrogens (primary N) is 1. The molecular weight excluding hydrogens is 404 g/mol. The highest BCUT2D eigenvalue weighted by molar-refractivity contribution is 6.01. The van der Waals surface area contributed by atoms with Crippen molar-refractivity contribution in [2.24, 2.45) is 12.8 Å². The van der Waals surface area contributed by atoms with E-state index in [4.69, 9.17) is 10.5 Å². The number of carbonyl (C=O) groups is 1. The Kier molecular flexibility index (Phi) is 7.52. The van der Waals surface area contributed by atoms with E-state index in [0.29, 0.717) is 11.1 Å². The van der Waals surface area contributed by atoms with Gasteiger partial charge >= 0.3 is 0 Å². The minimum atomic E-state index is -0.884. The van der Waals surface area contributed by atoms with Gasteiger partial charge in [-0.3, -0.25) is 14.2 Å². The van der Waals surface area contributed by atoms with E-state index in [2.05, 4.69) is 5.32 Å². The zero-order chi connectivity index (χ0) is 23.3. The van der Waals surface area contributed by atoms with E-state index >= 15 is 0 Å². The van der Waals surface area contributed by atoms with Gasteiger partial charge in [0.1, 0.15) is 34.5 Å². The molecule has 0 bridgehead atoms. The highest BCUT2D eigenvalue weighted by Crippen LogP contribution is 2.32. The quantitative estimate of drug-likeness (QED) is 0.601. The van der Waals surface area contributed by atoms with Crippen LogP contribution < -0.4 is 21.3 Å². The Labute approximate surface area is 179 Å². The fraction of sp³-hybridized carbons (Fsp3) is 0.217. The van der Waals surface area contributed by atoms with Gasteiger partial charge in [-0.05, 0) is 55.3 Å². The van der Waals surface area contributed by atoms with E-state index < -0.39 is 23.1 Å². The van der Waals surface area contributed by atoms with Crippen LogP contribution in [0, 0.1) is 25.5 Å². The SMILES string of the molecule is CC.Cc1ccc(Nc2c(C(N)=O)c(Oc3ccc(F)cc3C)cc(=O)n2C)c(F)c1. The van der Waals surface area contributed by atoms with Gasteiger partial charge in [-0.15, -0.1) is 0 Å². The lowest BCUT2D eigenvalue weighted by molar-refractivity contribution is 0.0998. The van der Waals surface area contributed by atoms with Crippen LogP contribution in [0.5, 0.6) is 11.5 Å². The number of hydrogen-bond donors (Lipinski definition) is 2. The van der Waals surface area contributed by atoms with Crippen LogP contribution in [0.15, 0.2) is 47.3 Å². The van der Waals surface area contributed by atoms with Crippen molar-refractivity contribution < 1.29 is 18.3 Å². The van der Waals surface area contributed by atoms with Gasteiger partial charge in [-0.2, -0.15) is 0 Å². The summed E-state index contributed by atoms with van der Waals surface area (Å²) in [5, 5.41) is 2.76. The largest absolute Gasteiger partial charge is 0.456 e. The molecule has 0 radical (unpaired) electrons. The van der Waals surface area contributed by atoms with Crippen molar-refractivity contribution in [2.45, 2.75) is 27.7 Å². The summed E-state index contributed by atoms with van der Waals surface area (Å²) in [4.78, 5) is 24.6. The summed E-state index contributed by atoms with van der Waals surface area (Å²) in [5.41, 5.74) is 6.11. The summed E-state index contributed by atoms with van der Waals surface area (Å²) < 4.78 is 34.5. The molecule has 0 unspecified atom stereocenters. The molecule has 0 atom stereocenters. The van der Waals surface area contributed by atoms with Crippen molar-refractivity contribution in [1.29, 1.82) is 0 Å². The molecule has 1 heterocycles. The molecule has 3 aromatic rings. The number of pyridine rings is 1. The molecule has 3 rings (SSSR count). The molecule has 0 saturated carbocycles. The number of hydrogen-bond acceptors (Lipinski definition) is 4. The van der Waals surface area contributed by atoms with E-state index in [1.165, 1.54) is 37.4 Å². The number of carbonyl (C=O) groups excluding carboxylic acids is 1. The number of halogens is 2. The van der Waals surface area contributed by atoms with E-state index in [1.54, 1.807) is 19.9 Å². The zero-order valence-corrected chi connectivity index (χ0v) is 18.0. The van der Waals surface area contributed by atoms with Crippen molar-refractivity contribution >= 4 is 17.4 Å². The fourth-order valence-corrected chi connectivity index (χ4v) is 2.84. The maximum absolute atomic E-state index is 14.3. The van der Waals surface area contributed by atoms with Gasteiger partial charge in [0.05, 0.1) is 5.69 Å². The molecule has 0 saturated heterocycles. The third kappa shape index (κ3) is 5.28. The van der Waals surface area contributed by atoms with Gasteiger partial charge in [-0.1, -0.05) is 19.9 Å². The first kappa shape index (κ1) is 23.6. The third-order valence-corrected chi connectivity index (χ3v) is 4.38. The topological polar surface area (TPSA) is 86.3 Å². The second-order valence-corrected chi connectivity index (χ2v) is 6.61. The average Bonchev–Trinajstić information content (AvgIpc) is 2.71. The Morgan fingerprint density at radius 2 is 1.71 bits per heavy atom. The maximum Gasteiger partial charge on any atom is 0.256 e. The summed E-state index contributed by atoms with van der Waals surface area (Å²) in [6, 6.07) is 9.38. The number of aryl methyl sites for hydroxylation is 2. The van der Waals surface area contributed by atoms with E-state index in [9.17, 15) is 18.4 Å². The number of aromatic nitrogens is 1. The smallest absolute Gasteiger partial charge is 0.256 e. The highest BCUT2D eigenvalue weighted by Gasteiger charge is 2.22. The van der Waals surface area contributed by atoms with Gasteiger partial charge < -0.3 is 15.8 Å². The van der Waals surface area contributed by atoms with E-state index in [0.717, 1.165) is 10.6 Å². The summed E-state index contributed by atoms with van der Waals surface area (Å²) >= 11 is 0. The molecular formula is C23H25F2N3O3. The number of benzene rings is 2. The first-order valence-electron chi connectivity index (χ1n) is 9.68. The lowest BCUT2D eigenvalue weighted by Gasteiger charge is -2.18. The lowest BCUT2D eigenvalue weighted by Crippen LogP contribution is -2.25. The Balaban J connectivity index is 0.00000166. The number of amides is 1. The first-order valence-corrected chi connectivity index (χ1v) is 9.68. The van der Waals surface area contributed by atoms with Crippen LogP contribution in [0.2, 0.25) is 0 Å². The molecule has 31 heavy (non-hydrogen) atoms. The summed E-state index contributed by atoms with van der Waals surface area (Å²) in [5.74, 6) is -1.80. The van der Waals surface area contributed by atoms with Crippen molar-refractivity contribution in [1.82, 2.24) is 4.57 Å². The third-order valence-electron chi connectivity index (χ3n) is 4.38. The minimum absolute atomic E-state index is 0.0254. The first-order chi connectivity index (χ1) is 14.7. The maximum atomic E-state index is 14.3. The van der Waals surface area contributed by atoms with Crippen LogP contribution in [-0.2, 0) is 7.05 Å². The Morgan fingerprint density at radius 3 is 2.29 bits per heavy atom. The number of nitrogens with zero attached hydrogens (tertiary/aromatic N) is 1. The Morgan fingerprint density at radius 1 is 1.03 bits per heavy atom.